The van der Waals surface area contributed by atoms with Crippen LogP contribution >= 0.6 is 0 Å². The van der Waals surface area contributed by atoms with Crippen molar-refractivity contribution in [2.75, 3.05) is 7.11 Å². The van der Waals surface area contributed by atoms with Gasteiger partial charge in [-0.15, -0.1) is 0 Å². The Bertz CT molecular complexity index is 174. The third-order valence-electron chi connectivity index (χ3n) is 0.830. The Morgan fingerprint density at radius 1 is 1.00 bits per heavy atom. The number of rotatable bonds is 0. The molecule has 0 fully saturated rings. The Morgan fingerprint density at radius 2 is 1.36 bits per heavy atom. The second-order valence-electron chi connectivity index (χ2n) is 1.52. The molecule has 0 radical (unpaired) electrons. The standard InChI is InChI=1S/C6H6O2.CH4O.W/c7-5-2-1-3-6(8)4-5;1-2;/h1-4,7-8H;2H,1H3;. The predicted octanol–water partition coefficient (Wildman–Crippen LogP) is 0.704. The number of hydrogen-bond donors (Lipinski definition) is 3. The molecule has 1 aromatic rings. The van der Waals surface area contributed by atoms with Crippen molar-refractivity contribution in [3.63, 3.8) is 0 Å². The van der Waals surface area contributed by atoms with Gasteiger partial charge in [-0.25, -0.2) is 0 Å². The fraction of sp³-hybridized carbons (Fsp3) is 0.143. The molecule has 0 aliphatic rings. The van der Waals surface area contributed by atoms with Crippen molar-refractivity contribution in [3.05, 3.63) is 24.3 Å². The number of aliphatic hydroxyl groups excluding tert-OH is 1. The molecule has 0 saturated heterocycles. The summed E-state index contributed by atoms with van der Waals surface area (Å²) >= 11 is 0. The minimum Gasteiger partial charge on any atom is -0.508 e. The van der Waals surface area contributed by atoms with Crippen molar-refractivity contribution in [2.24, 2.45) is 0 Å². The predicted molar refractivity (Wildman–Crippen MR) is 37.9 cm³/mol. The van der Waals surface area contributed by atoms with Crippen LogP contribution in [0.15, 0.2) is 24.3 Å². The average molecular weight is 326 g/mol. The maximum Gasteiger partial charge on any atom is 0.119 e. The van der Waals surface area contributed by atoms with Gasteiger partial charge < -0.3 is 15.3 Å². The molecular formula is C7H10O3W. The van der Waals surface area contributed by atoms with E-state index in [1.807, 2.05) is 0 Å². The molecule has 0 unspecified atom stereocenters. The summed E-state index contributed by atoms with van der Waals surface area (Å²) in [6.45, 7) is 0. The van der Waals surface area contributed by atoms with Gasteiger partial charge in [-0.2, -0.15) is 0 Å². The second-order valence-corrected chi connectivity index (χ2v) is 1.52. The Labute approximate surface area is 79.6 Å². The Hall–Kier alpha value is -0.532. The van der Waals surface area contributed by atoms with Crippen LogP contribution in [-0.2, 0) is 21.1 Å². The molecule has 3 nitrogen and oxygen atoms in total. The van der Waals surface area contributed by atoms with Crippen LogP contribution in [0, 0.1) is 0 Å². The maximum atomic E-state index is 8.65. The van der Waals surface area contributed by atoms with E-state index in [0.29, 0.717) is 0 Å². The van der Waals surface area contributed by atoms with Crippen LogP contribution in [0.5, 0.6) is 11.5 Å². The molecular weight excluding hydrogens is 316 g/mol. The van der Waals surface area contributed by atoms with Gasteiger partial charge in [0.2, 0.25) is 0 Å². The van der Waals surface area contributed by atoms with Crippen molar-refractivity contribution in [2.45, 2.75) is 0 Å². The molecule has 0 atom stereocenters. The van der Waals surface area contributed by atoms with Crippen molar-refractivity contribution in [1.29, 1.82) is 0 Å². The van der Waals surface area contributed by atoms with E-state index in [1.54, 1.807) is 6.07 Å². The summed E-state index contributed by atoms with van der Waals surface area (Å²) in [5, 5.41) is 24.3. The minimum absolute atomic E-state index is 0. The maximum absolute atomic E-state index is 8.65. The van der Waals surface area contributed by atoms with Crippen LogP contribution in [0.2, 0.25) is 0 Å². The van der Waals surface area contributed by atoms with Gasteiger partial charge in [-0.1, -0.05) is 6.07 Å². The molecule has 4 heteroatoms. The third kappa shape index (κ3) is 5.89. The van der Waals surface area contributed by atoms with E-state index in [-0.39, 0.29) is 32.6 Å². The molecule has 3 N–H and O–H groups in total. The van der Waals surface area contributed by atoms with Crippen LogP contribution in [-0.4, -0.2) is 22.4 Å². The first-order valence-corrected chi connectivity index (χ1v) is 2.72. The third-order valence-corrected chi connectivity index (χ3v) is 0.830. The van der Waals surface area contributed by atoms with E-state index in [9.17, 15) is 0 Å². The van der Waals surface area contributed by atoms with E-state index in [2.05, 4.69) is 0 Å². The smallest absolute Gasteiger partial charge is 0.119 e. The molecule has 0 amide bonds. The molecule has 0 saturated carbocycles. The Morgan fingerprint density at radius 3 is 1.55 bits per heavy atom. The minimum atomic E-state index is 0. The number of phenols is 2. The zero-order valence-electron chi connectivity index (χ0n) is 6.06. The largest absolute Gasteiger partial charge is 0.508 e. The van der Waals surface area contributed by atoms with Gasteiger partial charge in [0.15, 0.2) is 0 Å². The summed E-state index contributed by atoms with van der Waals surface area (Å²) in [6.07, 6.45) is 0. The van der Waals surface area contributed by atoms with Gasteiger partial charge in [-0.3, -0.25) is 0 Å². The fourth-order valence-corrected chi connectivity index (χ4v) is 0.493. The first-order chi connectivity index (χ1) is 4.79. The van der Waals surface area contributed by atoms with E-state index < -0.39 is 0 Å². The topological polar surface area (TPSA) is 60.7 Å². The zero-order chi connectivity index (χ0) is 7.98. The summed E-state index contributed by atoms with van der Waals surface area (Å²) in [5.41, 5.74) is 0. The van der Waals surface area contributed by atoms with E-state index in [1.165, 1.54) is 18.2 Å². The van der Waals surface area contributed by atoms with E-state index >= 15 is 0 Å². The Kier molecular flexibility index (Phi) is 9.01. The summed E-state index contributed by atoms with van der Waals surface area (Å²) < 4.78 is 0. The summed E-state index contributed by atoms with van der Waals surface area (Å²) in [7, 11) is 1.00. The van der Waals surface area contributed by atoms with Crippen LogP contribution in [0.1, 0.15) is 0 Å². The molecule has 0 bridgehead atoms. The molecule has 1 aromatic carbocycles. The van der Waals surface area contributed by atoms with Crippen molar-refractivity contribution >= 4 is 0 Å². The zero-order valence-corrected chi connectivity index (χ0v) is 8.99. The van der Waals surface area contributed by atoms with Crippen molar-refractivity contribution in [1.82, 2.24) is 0 Å². The summed E-state index contributed by atoms with van der Waals surface area (Å²) in [4.78, 5) is 0. The number of benzene rings is 1. The number of hydrogen-bond acceptors (Lipinski definition) is 3. The fourth-order valence-electron chi connectivity index (χ4n) is 0.493. The van der Waals surface area contributed by atoms with Gasteiger partial charge in [0.25, 0.3) is 0 Å². The molecule has 62 valence electrons. The van der Waals surface area contributed by atoms with E-state index in [0.717, 1.165) is 7.11 Å². The number of aromatic hydroxyl groups is 2. The van der Waals surface area contributed by atoms with E-state index in [4.69, 9.17) is 15.3 Å². The van der Waals surface area contributed by atoms with Crippen LogP contribution in [0.25, 0.3) is 0 Å². The van der Waals surface area contributed by atoms with Crippen molar-refractivity contribution in [3.8, 4) is 11.5 Å². The molecule has 1 rings (SSSR count). The van der Waals surface area contributed by atoms with Crippen LogP contribution in [0.4, 0.5) is 0 Å². The molecule has 0 aliphatic heterocycles. The van der Waals surface area contributed by atoms with Crippen LogP contribution in [0.3, 0.4) is 0 Å². The van der Waals surface area contributed by atoms with Gasteiger partial charge >= 0.3 is 0 Å². The summed E-state index contributed by atoms with van der Waals surface area (Å²) in [5.74, 6) is 0.176. The van der Waals surface area contributed by atoms with Gasteiger partial charge in [0, 0.05) is 34.2 Å². The monoisotopic (exact) mass is 326 g/mol. The number of aliphatic hydroxyl groups is 1. The number of phenolic OH excluding ortho intramolecular Hbond substituents is 2. The summed E-state index contributed by atoms with van der Waals surface area (Å²) in [6, 6.07) is 5.85. The SMILES string of the molecule is CO.Oc1cccc(O)c1.[W]. The van der Waals surface area contributed by atoms with Gasteiger partial charge in [-0.05, 0) is 12.1 Å². The normalized spacial score (nSPS) is 7.09. The molecule has 0 aromatic heterocycles. The van der Waals surface area contributed by atoms with Crippen molar-refractivity contribution < 1.29 is 36.4 Å². The quantitative estimate of drug-likeness (QED) is 0.658. The molecule has 0 heterocycles. The Balaban J connectivity index is 0. The molecule has 0 aliphatic carbocycles. The first kappa shape index (κ1) is 13.1. The van der Waals surface area contributed by atoms with Crippen LogP contribution < -0.4 is 0 Å². The second kappa shape index (κ2) is 7.57. The molecule has 0 spiro atoms. The average Bonchev–Trinajstić information content (AvgIpc) is 1.91. The van der Waals surface area contributed by atoms with Gasteiger partial charge in [0.05, 0.1) is 0 Å². The first-order valence-electron chi connectivity index (χ1n) is 2.72. The van der Waals surface area contributed by atoms with Gasteiger partial charge in [0.1, 0.15) is 11.5 Å². The molecule has 11 heavy (non-hydrogen) atoms.